The smallest absolute Gasteiger partial charge is 0.293 e. The molecule has 6 rings (SSSR count). The normalized spacial score (nSPS) is 12.6. The third-order valence-electron chi connectivity index (χ3n) is 8.39. The lowest BCUT2D eigenvalue weighted by Crippen LogP contribution is -2.49. The molecular formula is C39H36N8O7S2. The Morgan fingerprint density at radius 3 is 2.43 bits per heavy atom. The van der Waals surface area contributed by atoms with Crippen LogP contribution in [-0.2, 0) is 10.0 Å². The van der Waals surface area contributed by atoms with Gasteiger partial charge in [0.25, 0.3) is 27.5 Å². The Labute approximate surface area is 327 Å². The van der Waals surface area contributed by atoms with Crippen molar-refractivity contribution in [1.29, 1.82) is 0 Å². The molecule has 15 nitrogen and oxygen atoms in total. The Morgan fingerprint density at radius 1 is 0.911 bits per heavy atom. The topological polar surface area (TPSA) is 190 Å². The van der Waals surface area contributed by atoms with Crippen molar-refractivity contribution < 1.29 is 27.7 Å². The van der Waals surface area contributed by atoms with Gasteiger partial charge in [-0.3, -0.25) is 24.7 Å². The molecular weight excluding hydrogens is 757 g/mol. The van der Waals surface area contributed by atoms with Crippen LogP contribution in [0, 0.1) is 22.0 Å². The van der Waals surface area contributed by atoms with Crippen LogP contribution < -0.4 is 19.7 Å². The molecule has 3 heterocycles. The summed E-state index contributed by atoms with van der Waals surface area (Å²) in [6.45, 7) is 4.48. The number of carbonyl (C=O) groups is 2. The number of carbonyl (C=O) groups excluding carboxylic acids is 2. The maximum Gasteiger partial charge on any atom is 0.293 e. The highest BCUT2D eigenvalue weighted by atomic mass is 32.2. The number of aromatic nitrogens is 3. The number of nitrogens with one attached hydrogen (secondary N) is 2. The van der Waals surface area contributed by atoms with Crippen LogP contribution in [0.1, 0.15) is 38.9 Å². The van der Waals surface area contributed by atoms with Gasteiger partial charge in [0.15, 0.2) is 11.5 Å². The number of sulfonamides is 1. The number of nitro groups is 1. The van der Waals surface area contributed by atoms with Gasteiger partial charge >= 0.3 is 0 Å². The Kier molecular flexibility index (Phi) is 12.7. The molecule has 2 aromatic heterocycles. The molecule has 0 aliphatic carbocycles. The minimum atomic E-state index is -4.50. The predicted octanol–water partition coefficient (Wildman–Crippen LogP) is 4.86. The molecule has 0 saturated carbocycles. The van der Waals surface area contributed by atoms with E-state index in [1.807, 2.05) is 71.1 Å². The van der Waals surface area contributed by atoms with Gasteiger partial charge in [0.05, 0.1) is 22.0 Å². The van der Waals surface area contributed by atoms with Crippen LogP contribution in [0.4, 0.5) is 17.2 Å². The Bertz CT molecular complexity index is 2380. The fourth-order valence-electron chi connectivity index (χ4n) is 5.62. The van der Waals surface area contributed by atoms with Gasteiger partial charge in [-0.1, -0.05) is 36.1 Å². The monoisotopic (exact) mass is 792 g/mol. The number of nitro benzene ring substituents is 1. The molecule has 2 N–H and O–H groups in total. The van der Waals surface area contributed by atoms with E-state index in [1.54, 1.807) is 28.9 Å². The molecule has 1 aliphatic heterocycles. The van der Waals surface area contributed by atoms with Crippen molar-refractivity contribution in [2.24, 2.45) is 0 Å². The van der Waals surface area contributed by atoms with Crippen molar-refractivity contribution in [3.05, 3.63) is 136 Å². The zero-order valence-electron chi connectivity index (χ0n) is 30.1. The van der Waals surface area contributed by atoms with Crippen molar-refractivity contribution in [2.45, 2.75) is 16.7 Å². The summed E-state index contributed by atoms with van der Waals surface area (Å²) in [6, 6.07) is 25.0. The Hall–Kier alpha value is -6.51. The number of thioether (sulfide) groups is 1. The lowest BCUT2D eigenvalue weighted by molar-refractivity contribution is -0.384. The predicted molar refractivity (Wildman–Crippen MR) is 211 cm³/mol. The van der Waals surface area contributed by atoms with E-state index in [9.17, 15) is 28.1 Å². The molecule has 0 unspecified atom stereocenters. The summed E-state index contributed by atoms with van der Waals surface area (Å²) in [5.74, 6) is 6.68. The Balaban J connectivity index is 1.01. The van der Waals surface area contributed by atoms with Crippen LogP contribution in [0.2, 0.25) is 0 Å². The molecule has 286 valence electrons. The fraction of sp³-hybridized carbons (Fsp3) is 0.205. The van der Waals surface area contributed by atoms with Crippen LogP contribution in [0.3, 0.4) is 0 Å². The van der Waals surface area contributed by atoms with Crippen molar-refractivity contribution in [3.8, 4) is 17.6 Å². The van der Waals surface area contributed by atoms with E-state index >= 15 is 0 Å². The molecule has 56 heavy (non-hydrogen) atoms. The Morgan fingerprint density at radius 2 is 1.70 bits per heavy atom. The minimum absolute atomic E-state index is 0.147. The highest BCUT2D eigenvalue weighted by Crippen LogP contribution is 2.28. The van der Waals surface area contributed by atoms with Gasteiger partial charge < -0.3 is 19.9 Å². The minimum Gasteiger partial charge on any atom is -0.494 e. The number of amides is 2. The average molecular weight is 793 g/mol. The van der Waals surface area contributed by atoms with Crippen molar-refractivity contribution in [1.82, 2.24) is 24.8 Å². The third kappa shape index (κ3) is 10.2. The number of pyridine rings is 1. The molecule has 0 bridgehead atoms. The highest BCUT2D eigenvalue weighted by Gasteiger charge is 2.26. The summed E-state index contributed by atoms with van der Waals surface area (Å²) in [5.41, 5.74) is 1.21. The number of benzene rings is 3. The molecule has 3 aromatic carbocycles. The molecule has 1 aliphatic rings. The molecule has 1 fully saturated rings. The first-order valence-corrected chi connectivity index (χ1v) is 19.9. The van der Waals surface area contributed by atoms with E-state index in [2.05, 4.69) is 32.3 Å². The summed E-state index contributed by atoms with van der Waals surface area (Å²) in [4.78, 5) is 45.7. The van der Waals surface area contributed by atoms with E-state index in [1.165, 1.54) is 30.5 Å². The second-order valence-electron chi connectivity index (χ2n) is 12.2. The number of rotatable bonds is 13. The van der Waals surface area contributed by atoms with Gasteiger partial charge in [-0.2, -0.15) is 0 Å². The summed E-state index contributed by atoms with van der Waals surface area (Å²) in [6.07, 6.45) is 3.11. The van der Waals surface area contributed by atoms with Crippen molar-refractivity contribution >= 4 is 50.8 Å². The standard InChI is InChI=1S/C39H36N8O7S2/c1-2-54-31-8-6-7-28(24-31)11-12-29-23-30(27-40-26-29)39(49)46-20-18-45(19-21-46)37-16-15-35(42-43-37)38(48)44-56(52,53)33-13-14-34(36(25-33)47(50)51)41-17-22-55-32-9-4-3-5-10-32/h3-10,13-16,23-27,41H,2,17-22H2,1H3,(H,44,48). The maximum absolute atomic E-state index is 13.3. The molecule has 5 aromatic rings. The summed E-state index contributed by atoms with van der Waals surface area (Å²) >= 11 is 1.57. The van der Waals surface area contributed by atoms with E-state index in [0.717, 1.165) is 22.3 Å². The number of hydrogen-bond donors (Lipinski definition) is 2. The number of ether oxygens (including phenoxy) is 1. The molecule has 2 amide bonds. The maximum atomic E-state index is 13.3. The molecule has 0 atom stereocenters. The van der Waals surface area contributed by atoms with Gasteiger partial charge in [-0.05, 0) is 67.6 Å². The van der Waals surface area contributed by atoms with Gasteiger partial charge in [-0.15, -0.1) is 22.0 Å². The van der Waals surface area contributed by atoms with Gasteiger partial charge in [0.1, 0.15) is 11.4 Å². The molecule has 0 spiro atoms. The second kappa shape index (κ2) is 18.2. The lowest BCUT2D eigenvalue weighted by Gasteiger charge is -2.35. The van der Waals surface area contributed by atoms with E-state index in [4.69, 9.17) is 4.74 Å². The molecule has 1 saturated heterocycles. The SMILES string of the molecule is CCOc1cccc(C#Cc2cncc(C(=O)N3CCN(c4ccc(C(=O)NS(=O)(=O)c5ccc(NCCSc6ccccc6)c([N+](=O)[O-])c5)nn4)CC3)c2)c1. The third-order valence-corrected chi connectivity index (χ3v) is 10.7. The summed E-state index contributed by atoms with van der Waals surface area (Å²) < 4.78 is 33.6. The van der Waals surface area contributed by atoms with E-state index < -0.39 is 31.4 Å². The van der Waals surface area contributed by atoms with Crippen LogP contribution in [-0.4, -0.2) is 90.3 Å². The molecule has 0 radical (unpaired) electrons. The lowest BCUT2D eigenvalue weighted by atomic mass is 10.1. The highest BCUT2D eigenvalue weighted by molar-refractivity contribution is 7.99. The van der Waals surface area contributed by atoms with E-state index in [0.29, 0.717) is 62.0 Å². The zero-order valence-corrected chi connectivity index (χ0v) is 31.8. The van der Waals surface area contributed by atoms with Crippen LogP contribution in [0.15, 0.2) is 113 Å². The summed E-state index contributed by atoms with van der Waals surface area (Å²) in [5, 5.41) is 22.8. The first kappa shape index (κ1) is 39.2. The van der Waals surface area contributed by atoms with Gasteiger partial charge in [0.2, 0.25) is 0 Å². The molecule has 17 heteroatoms. The quantitative estimate of drug-likeness (QED) is 0.0541. The van der Waals surface area contributed by atoms with Crippen LogP contribution in [0.5, 0.6) is 5.75 Å². The second-order valence-corrected chi connectivity index (χ2v) is 15.0. The first-order chi connectivity index (χ1) is 27.1. The van der Waals surface area contributed by atoms with Crippen LogP contribution >= 0.6 is 11.8 Å². The first-order valence-electron chi connectivity index (χ1n) is 17.4. The van der Waals surface area contributed by atoms with Crippen LogP contribution in [0.25, 0.3) is 0 Å². The van der Waals surface area contributed by atoms with Crippen molar-refractivity contribution in [2.75, 3.05) is 55.3 Å². The zero-order chi connectivity index (χ0) is 39.5. The average Bonchev–Trinajstić information content (AvgIpc) is 3.22. The fourth-order valence-corrected chi connectivity index (χ4v) is 7.39. The van der Waals surface area contributed by atoms with Gasteiger partial charge in [0, 0.05) is 73.0 Å². The number of piperazine rings is 1. The number of nitrogens with zero attached hydrogens (tertiary/aromatic N) is 6. The number of hydrogen-bond acceptors (Lipinski definition) is 13. The number of anilines is 2. The largest absolute Gasteiger partial charge is 0.494 e. The van der Waals surface area contributed by atoms with Crippen molar-refractivity contribution in [3.63, 3.8) is 0 Å². The van der Waals surface area contributed by atoms with Gasteiger partial charge in [-0.25, -0.2) is 13.1 Å². The van der Waals surface area contributed by atoms with E-state index in [-0.39, 0.29) is 17.3 Å². The summed E-state index contributed by atoms with van der Waals surface area (Å²) in [7, 11) is -4.50.